The van der Waals surface area contributed by atoms with Gasteiger partial charge in [-0.25, -0.2) is 0 Å². The Bertz CT molecular complexity index is 773. The molecule has 0 amide bonds. The van der Waals surface area contributed by atoms with Gasteiger partial charge in [0, 0.05) is 0 Å². The zero-order chi connectivity index (χ0) is 18.4. The minimum absolute atomic E-state index is 1.06. The summed E-state index contributed by atoms with van der Waals surface area (Å²) in [6.07, 6.45) is 5.86. The first-order valence-electron chi connectivity index (χ1n) is 9.80. The highest BCUT2D eigenvalue weighted by molar-refractivity contribution is 7.07. The molecule has 3 aromatic rings. The molecule has 0 radical (unpaired) electrons. The predicted octanol–water partition coefficient (Wildman–Crippen LogP) is 3.99. The Morgan fingerprint density at radius 3 is 1.37 bits per heavy atom. The van der Waals surface area contributed by atoms with E-state index >= 15 is 0 Å². The molecule has 2 nitrogen and oxygen atoms in total. The zero-order valence-corrected chi connectivity index (χ0v) is 16.6. The van der Waals surface area contributed by atoms with Gasteiger partial charge in [0.05, 0.1) is 5.71 Å². The van der Waals surface area contributed by atoms with Crippen LogP contribution in [0.25, 0.3) is 0 Å². The Morgan fingerprint density at radius 1 is 0.556 bits per heavy atom. The third kappa shape index (κ3) is 3.74. The topological polar surface area (TPSA) is 21.6 Å². The van der Waals surface area contributed by atoms with E-state index in [4.69, 9.17) is 9.68 Å². The molecule has 27 heavy (non-hydrogen) atoms. The highest BCUT2D eigenvalue weighted by Crippen LogP contribution is 2.17. The highest BCUT2D eigenvalue weighted by atomic mass is 28.4. The molecule has 1 saturated carbocycles. The molecule has 3 aromatic carbocycles. The third-order valence-corrected chi connectivity index (χ3v) is 9.09. The second kappa shape index (κ2) is 8.36. The summed E-state index contributed by atoms with van der Waals surface area (Å²) in [5.41, 5.74) is 1.21. The van der Waals surface area contributed by atoms with E-state index in [1.54, 1.807) is 0 Å². The van der Waals surface area contributed by atoms with Gasteiger partial charge >= 0.3 is 8.32 Å². The standard InChI is InChI=1S/C24H25NOSi/c1-5-13-21(14-6-1)25-26-27(22-15-7-2-8-16-22,23-17-9-3-10-18-23)24-19-11-4-12-20-24/h2-4,7-12,15-20H,1,5-6,13-14H2. The van der Waals surface area contributed by atoms with Gasteiger partial charge in [-0.2, -0.15) is 0 Å². The normalized spacial score (nSPS) is 14.6. The van der Waals surface area contributed by atoms with Crippen LogP contribution in [0.5, 0.6) is 0 Å². The van der Waals surface area contributed by atoms with E-state index in [1.807, 2.05) is 0 Å². The van der Waals surface area contributed by atoms with Gasteiger partial charge in [0.1, 0.15) is 0 Å². The molecule has 0 spiro atoms. The molecular weight excluding hydrogens is 346 g/mol. The van der Waals surface area contributed by atoms with Gasteiger partial charge in [-0.3, -0.25) is 0 Å². The first kappa shape index (κ1) is 17.7. The summed E-state index contributed by atoms with van der Waals surface area (Å²) in [7, 11) is -2.70. The van der Waals surface area contributed by atoms with Crippen LogP contribution in [-0.2, 0) is 4.53 Å². The summed E-state index contributed by atoms with van der Waals surface area (Å²) in [6, 6.07) is 31.9. The molecule has 136 valence electrons. The van der Waals surface area contributed by atoms with Crippen molar-refractivity contribution in [3.8, 4) is 0 Å². The number of oxime groups is 1. The van der Waals surface area contributed by atoms with Crippen LogP contribution < -0.4 is 15.6 Å². The summed E-state index contributed by atoms with van der Waals surface area (Å²) in [5, 5.41) is 8.44. The molecule has 1 aliphatic rings. The maximum Gasteiger partial charge on any atom is 0.380 e. The van der Waals surface area contributed by atoms with Crippen molar-refractivity contribution in [1.29, 1.82) is 0 Å². The fourth-order valence-electron chi connectivity index (χ4n) is 3.86. The Labute approximate surface area is 162 Å². The van der Waals surface area contributed by atoms with E-state index in [-0.39, 0.29) is 0 Å². The van der Waals surface area contributed by atoms with Crippen molar-refractivity contribution in [1.82, 2.24) is 0 Å². The lowest BCUT2D eigenvalue weighted by atomic mass is 9.99. The Morgan fingerprint density at radius 2 is 0.963 bits per heavy atom. The number of hydrogen-bond acceptors (Lipinski definition) is 2. The summed E-state index contributed by atoms with van der Waals surface area (Å²) < 4.78 is 6.65. The van der Waals surface area contributed by atoms with Crippen molar-refractivity contribution in [2.75, 3.05) is 0 Å². The number of nitrogens with zero attached hydrogens (tertiary/aromatic N) is 1. The first-order chi connectivity index (χ1) is 13.4. The summed E-state index contributed by atoms with van der Waals surface area (Å²) in [5.74, 6) is 0. The van der Waals surface area contributed by atoms with Crippen LogP contribution >= 0.6 is 0 Å². The molecule has 4 rings (SSSR count). The summed E-state index contributed by atoms with van der Waals surface area (Å²) in [4.78, 5) is 0. The lowest BCUT2D eigenvalue weighted by molar-refractivity contribution is 0.343. The third-order valence-electron chi connectivity index (χ3n) is 5.28. The monoisotopic (exact) mass is 371 g/mol. The Balaban J connectivity index is 1.89. The fourth-order valence-corrected chi connectivity index (χ4v) is 7.43. The van der Waals surface area contributed by atoms with Crippen LogP contribution in [0, 0.1) is 0 Å². The van der Waals surface area contributed by atoms with Gasteiger partial charge in [-0.1, -0.05) is 97.4 Å². The van der Waals surface area contributed by atoms with Crippen LogP contribution in [0.1, 0.15) is 32.1 Å². The average molecular weight is 372 g/mol. The Hall–Kier alpha value is -2.65. The van der Waals surface area contributed by atoms with Crippen LogP contribution in [0.2, 0.25) is 0 Å². The van der Waals surface area contributed by atoms with Crippen LogP contribution in [0.15, 0.2) is 96.2 Å². The number of benzene rings is 3. The molecule has 3 heteroatoms. The summed E-state index contributed by atoms with van der Waals surface area (Å²) >= 11 is 0. The molecule has 1 fully saturated rings. The van der Waals surface area contributed by atoms with Crippen molar-refractivity contribution in [3.05, 3.63) is 91.0 Å². The van der Waals surface area contributed by atoms with Crippen molar-refractivity contribution < 1.29 is 4.53 Å². The van der Waals surface area contributed by atoms with Gasteiger partial charge in [0.15, 0.2) is 0 Å². The molecule has 0 saturated heterocycles. The molecule has 0 atom stereocenters. The number of hydrogen-bond donors (Lipinski definition) is 0. The number of rotatable bonds is 5. The van der Waals surface area contributed by atoms with E-state index < -0.39 is 8.32 Å². The summed E-state index contributed by atoms with van der Waals surface area (Å²) in [6.45, 7) is 0. The minimum Gasteiger partial charge on any atom is -0.438 e. The van der Waals surface area contributed by atoms with E-state index in [0.29, 0.717) is 0 Å². The van der Waals surface area contributed by atoms with Gasteiger partial charge in [-0.15, -0.1) is 5.16 Å². The quantitative estimate of drug-likeness (QED) is 0.377. The zero-order valence-electron chi connectivity index (χ0n) is 15.6. The second-order valence-electron chi connectivity index (χ2n) is 7.09. The van der Waals surface area contributed by atoms with Gasteiger partial charge in [-0.05, 0) is 41.2 Å². The van der Waals surface area contributed by atoms with E-state index in [2.05, 4.69) is 91.0 Å². The average Bonchev–Trinajstić information content (AvgIpc) is 2.77. The van der Waals surface area contributed by atoms with Crippen molar-refractivity contribution >= 4 is 29.6 Å². The Kier molecular flexibility index (Phi) is 5.49. The van der Waals surface area contributed by atoms with E-state index in [1.165, 1.54) is 40.5 Å². The first-order valence-corrected chi connectivity index (χ1v) is 11.7. The van der Waals surface area contributed by atoms with Crippen molar-refractivity contribution in [2.45, 2.75) is 32.1 Å². The van der Waals surface area contributed by atoms with Crippen molar-refractivity contribution in [3.63, 3.8) is 0 Å². The van der Waals surface area contributed by atoms with Crippen molar-refractivity contribution in [2.24, 2.45) is 5.16 Å². The largest absolute Gasteiger partial charge is 0.438 e. The second-order valence-corrected chi connectivity index (χ2v) is 10.4. The van der Waals surface area contributed by atoms with Gasteiger partial charge in [0.2, 0.25) is 0 Å². The minimum atomic E-state index is -2.70. The maximum absolute atomic E-state index is 6.65. The molecule has 0 aliphatic heterocycles. The van der Waals surface area contributed by atoms with Gasteiger partial charge < -0.3 is 4.53 Å². The van der Waals surface area contributed by atoms with E-state index in [9.17, 15) is 0 Å². The molecule has 0 unspecified atom stereocenters. The lowest BCUT2D eigenvalue weighted by Gasteiger charge is -2.30. The maximum atomic E-state index is 6.65. The molecule has 0 bridgehead atoms. The van der Waals surface area contributed by atoms with Crippen LogP contribution in [-0.4, -0.2) is 14.0 Å². The molecule has 0 N–H and O–H groups in total. The van der Waals surface area contributed by atoms with E-state index in [0.717, 1.165) is 12.8 Å². The van der Waals surface area contributed by atoms with Gasteiger partial charge in [0.25, 0.3) is 0 Å². The highest BCUT2D eigenvalue weighted by Gasteiger charge is 2.45. The molecule has 1 aliphatic carbocycles. The molecule has 0 heterocycles. The fraction of sp³-hybridized carbons (Fsp3) is 0.208. The molecular formula is C24H25NOSi. The molecule has 0 aromatic heterocycles. The lowest BCUT2D eigenvalue weighted by Crippen LogP contribution is -2.68. The van der Waals surface area contributed by atoms with Crippen LogP contribution in [0.4, 0.5) is 0 Å². The van der Waals surface area contributed by atoms with Crippen LogP contribution in [0.3, 0.4) is 0 Å². The SMILES string of the molecule is c1ccc([Si](ON=C2CCCCC2)(c2ccccc2)c2ccccc2)cc1. The smallest absolute Gasteiger partial charge is 0.380 e. The predicted molar refractivity (Wildman–Crippen MR) is 116 cm³/mol.